The van der Waals surface area contributed by atoms with Crippen LogP contribution >= 0.6 is 0 Å². The second kappa shape index (κ2) is 23.6. The van der Waals surface area contributed by atoms with Gasteiger partial charge in [0.15, 0.2) is 25.2 Å². The Morgan fingerprint density at radius 2 is 1.17 bits per heavy atom. The number of hydrogen-bond donors (Lipinski definition) is 14. The number of allylic oxidation sites excluding steroid dienone is 2. The fraction of sp³-hybridized carbons (Fsp3) is 0.948. The Kier molecular flexibility index (Phi) is 18.3. The normalized spacial score (nSPS) is 54.2. The number of esters is 1. The number of carbonyl (C=O) groups is 1. The molecule has 5 aliphatic carbocycles. The molecule has 5 heterocycles. The van der Waals surface area contributed by atoms with Crippen LogP contribution in [0.3, 0.4) is 0 Å². The van der Waals surface area contributed by atoms with Crippen LogP contribution in [0.15, 0.2) is 11.6 Å². The molecule has 10 rings (SSSR count). The standard InChI is InChI=1S/C58H94O25/c1-24-34(62)45(81-48-41(69)35(63)27(60)21-74-48)44(72)50(77-24)82-46-36(64)28(61)22-75-51(46)80-33-12-13-55(6)31(54(33,4)5)11-14-57(8)32(55)10-9-25-26-19-53(2,3)15-17-58(26,18-16-56(25,57)7)52(73)83-49-43(71)40(68)38(66)30(79-49)23-76-47-42(70)39(67)37(65)29(20-59)78-47/h9,24,26-51,59-72H,10-23H2,1-8H3/t24-,26-,27+,28+,29+,30+,31?,32?,33-,34-,35-,36-,37+,38+,39-,40-,41+,42+,43+,44+,45+,46+,47+,48-,49-,50-,51-,55-,56+,57+,58-/m0/s1. The highest BCUT2D eigenvalue weighted by Crippen LogP contribution is 2.76. The lowest BCUT2D eigenvalue weighted by molar-refractivity contribution is -0.378. The number of hydrogen-bond acceptors (Lipinski definition) is 25. The molecular formula is C58H94O25. The van der Waals surface area contributed by atoms with Gasteiger partial charge in [0.25, 0.3) is 0 Å². The summed E-state index contributed by atoms with van der Waals surface area (Å²) in [6.07, 6.45) is -26.8. The quantitative estimate of drug-likeness (QED) is 0.0576. The predicted molar refractivity (Wildman–Crippen MR) is 282 cm³/mol. The van der Waals surface area contributed by atoms with Crippen LogP contribution in [0, 0.1) is 50.2 Å². The van der Waals surface area contributed by atoms with E-state index in [4.69, 9.17) is 47.4 Å². The van der Waals surface area contributed by atoms with Crippen molar-refractivity contribution >= 4 is 5.97 Å². The molecule has 0 bridgehead atoms. The molecule has 10 aliphatic rings. The third kappa shape index (κ3) is 10.9. The van der Waals surface area contributed by atoms with E-state index in [0.717, 1.165) is 32.1 Å². The van der Waals surface area contributed by atoms with Crippen molar-refractivity contribution in [2.75, 3.05) is 26.4 Å². The number of ether oxygens (including phenoxy) is 10. The van der Waals surface area contributed by atoms with Crippen LogP contribution in [0.2, 0.25) is 0 Å². The van der Waals surface area contributed by atoms with Gasteiger partial charge in [0, 0.05) is 0 Å². The van der Waals surface area contributed by atoms with Gasteiger partial charge in [-0.3, -0.25) is 4.79 Å². The van der Waals surface area contributed by atoms with Crippen molar-refractivity contribution in [1.82, 2.24) is 0 Å². The van der Waals surface area contributed by atoms with Gasteiger partial charge in [-0.25, -0.2) is 0 Å². The van der Waals surface area contributed by atoms with Gasteiger partial charge in [0.2, 0.25) is 6.29 Å². The van der Waals surface area contributed by atoms with Crippen molar-refractivity contribution in [1.29, 1.82) is 0 Å². The Balaban J connectivity index is 0.840. The zero-order chi connectivity index (χ0) is 60.4. The van der Waals surface area contributed by atoms with Gasteiger partial charge >= 0.3 is 5.97 Å². The summed E-state index contributed by atoms with van der Waals surface area (Å²) in [5.74, 6) is -0.468. The Morgan fingerprint density at radius 1 is 0.566 bits per heavy atom. The van der Waals surface area contributed by atoms with E-state index in [1.165, 1.54) is 12.5 Å². The zero-order valence-electron chi connectivity index (χ0n) is 48.8. The summed E-state index contributed by atoms with van der Waals surface area (Å²) >= 11 is 0. The summed E-state index contributed by atoms with van der Waals surface area (Å²) < 4.78 is 59.6. The third-order valence-electron chi connectivity index (χ3n) is 22.7. The smallest absolute Gasteiger partial charge is 0.315 e. The van der Waals surface area contributed by atoms with Crippen LogP contribution in [0.5, 0.6) is 0 Å². The van der Waals surface area contributed by atoms with Crippen molar-refractivity contribution in [3.63, 3.8) is 0 Å². The first-order valence-electron chi connectivity index (χ1n) is 30.0. The number of fused-ring (bicyclic) bond motifs is 7. The topological polar surface area (TPSA) is 393 Å². The van der Waals surface area contributed by atoms with Crippen molar-refractivity contribution in [3.8, 4) is 0 Å². The molecule has 83 heavy (non-hydrogen) atoms. The lowest BCUT2D eigenvalue weighted by Crippen LogP contribution is -2.66. The fourth-order valence-electron chi connectivity index (χ4n) is 17.3. The van der Waals surface area contributed by atoms with Crippen molar-refractivity contribution in [2.24, 2.45) is 50.2 Å². The molecule has 25 heteroatoms. The molecular weight excluding hydrogens is 1100 g/mol. The van der Waals surface area contributed by atoms with Crippen molar-refractivity contribution < 1.29 is 124 Å². The molecule has 31 atom stereocenters. The molecule has 9 fully saturated rings. The number of carbonyl (C=O) groups excluding carboxylic acids is 1. The monoisotopic (exact) mass is 1190 g/mol. The Morgan fingerprint density at radius 3 is 1.86 bits per heavy atom. The molecule has 5 aliphatic heterocycles. The lowest BCUT2D eigenvalue weighted by atomic mass is 9.33. The first kappa shape index (κ1) is 64.3. The maximum atomic E-state index is 15.1. The van der Waals surface area contributed by atoms with Gasteiger partial charge < -0.3 is 119 Å². The van der Waals surface area contributed by atoms with Gasteiger partial charge in [-0.2, -0.15) is 0 Å². The van der Waals surface area contributed by atoms with Gasteiger partial charge in [0.1, 0.15) is 104 Å². The van der Waals surface area contributed by atoms with Crippen LogP contribution in [-0.4, -0.2) is 251 Å². The summed E-state index contributed by atoms with van der Waals surface area (Å²) in [5, 5.41) is 150. The Bertz CT molecular complexity index is 2310. The zero-order valence-corrected chi connectivity index (χ0v) is 48.8. The molecule has 0 spiro atoms. The van der Waals surface area contributed by atoms with E-state index in [1.807, 2.05) is 0 Å². The van der Waals surface area contributed by atoms with Crippen LogP contribution < -0.4 is 0 Å². The minimum absolute atomic E-state index is 0.137. The van der Waals surface area contributed by atoms with Crippen LogP contribution in [0.4, 0.5) is 0 Å². The third-order valence-corrected chi connectivity index (χ3v) is 22.7. The minimum Gasteiger partial charge on any atom is -0.432 e. The maximum Gasteiger partial charge on any atom is 0.315 e. The molecule has 2 unspecified atom stereocenters. The van der Waals surface area contributed by atoms with E-state index in [1.54, 1.807) is 0 Å². The average molecular weight is 1190 g/mol. The molecule has 14 N–H and O–H groups in total. The highest BCUT2D eigenvalue weighted by Gasteiger charge is 2.70. The van der Waals surface area contributed by atoms with Crippen molar-refractivity contribution in [2.45, 2.75) is 267 Å². The van der Waals surface area contributed by atoms with Crippen LogP contribution in [-0.2, 0) is 52.2 Å². The first-order valence-corrected chi connectivity index (χ1v) is 30.0. The van der Waals surface area contributed by atoms with Crippen LogP contribution in [0.1, 0.15) is 120 Å². The number of aliphatic hydroxyl groups is 14. The number of aliphatic hydroxyl groups excluding tert-OH is 14. The molecule has 0 radical (unpaired) electrons. The minimum atomic E-state index is -1.84. The molecule has 0 aromatic carbocycles. The van der Waals surface area contributed by atoms with E-state index < -0.39 is 177 Å². The maximum absolute atomic E-state index is 15.1. The van der Waals surface area contributed by atoms with E-state index in [9.17, 15) is 71.5 Å². The molecule has 4 saturated carbocycles. The van der Waals surface area contributed by atoms with E-state index in [2.05, 4.69) is 54.5 Å². The summed E-state index contributed by atoms with van der Waals surface area (Å²) in [7, 11) is 0. The SMILES string of the molecule is C[C@@H]1O[C@@H](O[C@H]2[C@H](O[C@H]3CC[C@@]4(C)C(CC[C@]5(C)C4CC=C4[C@@H]6CC(C)(C)CC[C@]6(C(=O)O[C@@H]6O[C@H](CO[C@@H]7O[C@H](CO)[C@@H](O)[C@H](O)[C@H]7O)[C@@H](O)[C@H](O)[C@H]6O)CC[C@]45C)C3(C)C)OC[C@@H](O)[C@@H]2O)[C@H](O)[C@H](O[C@@H]2OC[C@@H](O)[C@H](O)[C@H]2O)[C@H]1O. The molecule has 0 amide bonds. The van der Waals surface area contributed by atoms with Gasteiger partial charge in [-0.05, 0) is 116 Å². The Labute approximate surface area is 483 Å². The van der Waals surface area contributed by atoms with Crippen LogP contribution in [0.25, 0.3) is 0 Å². The molecule has 5 saturated heterocycles. The Hall–Kier alpha value is -1.71. The van der Waals surface area contributed by atoms with Gasteiger partial charge in [-0.1, -0.05) is 60.1 Å². The first-order chi connectivity index (χ1) is 38.8. The number of rotatable bonds is 12. The highest BCUT2D eigenvalue weighted by molar-refractivity contribution is 5.79. The summed E-state index contributed by atoms with van der Waals surface area (Å²) in [6, 6.07) is 0. The highest BCUT2D eigenvalue weighted by atomic mass is 16.8. The molecule has 0 aromatic heterocycles. The average Bonchev–Trinajstić information content (AvgIpc) is 3.63. The molecule has 0 aromatic rings. The van der Waals surface area contributed by atoms with Gasteiger partial charge in [-0.15, -0.1) is 0 Å². The molecule has 25 nitrogen and oxygen atoms in total. The lowest BCUT2D eigenvalue weighted by Gasteiger charge is -2.71. The van der Waals surface area contributed by atoms with Gasteiger partial charge in [0.05, 0.1) is 44.1 Å². The molecule has 476 valence electrons. The summed E-state index contributed by atoms with van der Waals surface area (Å²) in [6.45, 7) is 15.6. The summed E-state index contributed by atoms with van der Waals surface area (Å²) in [5.41, 5.74) is -1.17. The second-order valence-corrected chi connectivity index (χ2v) is 28.2. The van der Waals surface area contributed by atoms with Crippen molar-refractivity contribution in [3.05, 3.63) is 11.6 Å². The van der Waals surface area contributed by atoms with E-state index in [-0.39, 0.29) is 52.6 Å². The predicted octanol–water partition coefficient (Wildman–Crippen LogP) is -1.91. The van der Waals surface area contributed by atoms with E-state index >= 15 is 4.79 Å². The second-order valence-electron chi connectivity index (χ2n) is 28.2. The fourth-order valence-corrected chi connectivity index (χ4v) is 17.3. The van der Waals surface area contributed by atoms with E-state index in [0.29, 0.717) is 32.1 Å². The largest absolute Gasteiger partial charge is 0.432 e. The summed E-state index contributed by atoms with van der Waals surface area (Å²) in [4.78, 5) is 15.1.